The van der Waals surface area contributed by atoms with Crippen LogP contribution in [0.15, 0.2) is 46.9 Å². The molecule has 2 aromatic carbocycles. The molecule has 0 radical (unpaired) electrons. The van der Waals surface area contributed by atoms with E-state index in [9.17, 15) is 9.18 Å². The van der Waals surface area contributed by atoms with Gasteiger partial charge in [0.15, 0.2) is 0 Å². The second-order valence-electron chi connectivity index (χ2n) is 5.82. The molecule has 1 heterocycles. The third-order valence-electron chi connectivity index (χ3n) is 4.20. The van der Waals surface area contributed by atoms with Crippen molar-refractivity contribution in [2.75, 3.05) is 13.2 Å². The van der Waals surface area contributed by atoms with E-state index >= 15 is 0 Å². The molecule has 126 valence electrons. The Morgan fingerprint density at radius 3 is 2.71 bits per heavy atom. The first-order valence-corrected chi connectivity index (χ1v) is 8.87. The van der Waals surface area contributed by atoms with E-state index in [1.54, 1.807) is 6.07 Å². The normalized spacial score (nSPS) is 17.1. The highest BCUT2D eigenvalue weighted by molar-refractivity contribution is 9.10. The molecule has 0 bridgehead atoms. The molecular formula is C19H19BrFNO2. The summed E-state index contributed by atoms with van der Waals surface area (Å²) in [5, 5.41) is 0. The number of likely N-dealkylation sites (tertiary alicyclic amines) is 1. The zero-order valence-electron chi connectivity index (χ0n) is 13.5. The minimum absolute atomic E-state index is 0.0234. The maximum absolute atomic E-state index is 13.6. The zero-order valence-corrected chi connectivity index (χ0v) is 15.1. The summed E-state index contributed by atoms with van der Waals surface area (Å²) in [7, 11) is 0. The van der Waals surface area contributed by atoms with Crippen molar-refractivity contribution in [2.24, 2.45) is 0 Å². The molecule has 1 unspecified atom stereocenters. The van der Waals surface area contributed by atoms with Gasteiger partial charge in [-0.15, -0.1) is 0 Å². The van der Waals surface area contributed by atoms with Gasteiger partial charge in [-0.3, -0.25) is 4.79 Å². The van der Waals surface area contributed by atoms with Gasteiger partial charge in [0.1, 0.15) is 11.6 Å². The summed E-state index contributed by atoms with van der Waals surface area (Å²) in [6, 6.07) is 12.2. The van der Waals surface area contributed by atoms with Gasteiger partial charge >= 0.3 is 0 Å². The molecule has 1 amide bonds. The zero-order chi connectivity index (χ0) is 17.1. The molecule has 0 saturated carbocycles. The quantitative estimate of drug-likeness (QED) is 0.736. The van der Waals surface area contributed by atoms with Crippen LogP contribution < -0.4 is 4.74 Å². The summed E-state index contributed by atoms with van der Waals surface area (Å²) in [4.78, 5) is 14.6. The number of halogens is 2. The molecule has 3 nitrogen and oxygen atoms in total. The minimum atomic E-state index is -0.412. The van der Waals surface area contributed by atoms with Crippen molar-refractivity contribution in [1.82, 2.24) is 4.90 Å². The van der Waals surface area contributed by atoms with Gasteiger partial charge in [-0.05, 0) is 55.7 Å². The lowest BCUT2D eigenvalue weighted by atomic mass is 10.0. The summed E-state index contributed by atoms with van der Waals surface area (Å²) >= 11 is 3.25. The lowest BCUT2D eigenvalue weighted by Crippen LogP contribution is -2.30. The molecule has 1 fully saturated rings. The fourth-order valence-corrected chi connectivity index (χ4v) is 3.62. The second kappa shape index (κ2) is 7.34. The highest BCUT2D eigenvalue weighted by atomic mass is 79.9. The van der Waals surface area contributed by atoms with Gasteiger partial charge in [0.2, 0.25) is 0 Å². The Bertz CT molecular complexity index is 712. The molecule has 0 aromatic heterocycles. The van der Waals surface area contributed by atoms with E-state index in [4.69, 9.17) is 4.74 Å². The highest BCUT2D eigenvalue weighted by Gasteiger charge is 2.30. The first-order chi connectivity index (χ1) is 11.6. The number of hydrogen-bond donors (Lipinski definition) is 0. The third kappa shape index (κ3) is 3.61. The van der Waals surface area contributed by atoms with Gasteiger partial charge in [0.05, 0.1) is 12.6 Å². The van der Waals surface area contributed by atoms with Gasteiger partial charge < -0.3 is 9.64 Å². The predicted molar refractivity (Wildman–Crippen MR) is 94.7 cm³/mol. The van der Waals surface area contributed by atoms with Crippen LogP contribution >= 0.6 is 15.9 Å². The first kappa shape index (κ1) is 17.0. The highest BCUT2D eigenvalue weighted by Crippen LogP contribution is 2.34. The SMILES string of the molecule is CCOc1ccc(C2CCCN2C(=O)c2cc(F)cc(Br)c2)cc1. The van der Waals surface area contributed by atoms with Crippen LogP contribution in [0.5, 0.6) is 5.75 Å². The Balaban J connectivity index is 1.83. The number of carbonyl (C=O) groups is 1. The van der Waals surface area contributed by atoms with E-state index in [1.165, 1.54) is 12.1 Å². The molecule has 2 aromatic rings. The van der Waals surface area contributed by atoms with Gasteiger partial charge in [-0.1, -0.05) is 28.1 Å². The number of nitrogens with zero attached hydrogens (tertiary/aromatic N) is 1. The number of benzene rings is 2. The Kier molecular flexibility index (Phi) is 5.19. The molecule has 1 aliphatic rings. The smallest absolute Gasteiger partial charge is 0.254 e. The molecule has 0 aliphatic carbocycles. The average Bonchev–Trinajstić information content (AvgIpc) is 3.04. The Labute approximate surface area is 149 Å². The van der Waals surface area contributed by atoms with Crippen molar-refractivity contribution < 1.29 is 13.9 Å². The predicted octanol–water partition coefficient (Wildman–Crippen LogP) is 4.96. The lowest BCUT2D eigenvalue weighted by Gasteiger charge is -2.25. The van der Waals surface area contributed by atoms with E-state index in [1.807, 2.05) is 36.1 Å². The van der Waals surface area contributed by atoms with Gasteiger partial charge in [0, 0.05) is 16.6 Å². The average molecular weight is 392 g/mol. The van der Waals surface area contributed by atoms with Crippen LogP contribution in [-0.2, 0) is 0 Å². The van der Waals surface area contributed by atoms with Crippen molar-refractivity contribution in [3.05, 3.63) is 63.9 Å². The maximum Gasteiger partial charge on any atom is 0.254 e. The summed E-state index contributed by atoms with van der Waals surface area (Å²) < 4.78 is 19.6. The van der Waals surface area contributed by atoms with Crippen LogP contribution in [0.1, 0.15) is 41.7 Å². The van der Waals surface area contributed by atoms with Crippen molar-refractivity contribution in [3.8, 4) is 5.75 Å². The molecule has 1 atom stereocenters. The molecule has 0 N–H and O–H groups in total. The minimum Gasteiger partial charge on any atom is -0.494 e. The summed E-state index contributed by atoms with van der Waals surface area (Å²) in [5.41, 5.74) is 1.46. The molecule has 1 saturated heterocycles. The Hall–Kier alpha value is -1.88. The summed E-state index contributed by atoms with van der Waals surface area (Å²) in [6.07, 6.45) is 1.86. The molecular weight excluding hydrogens is 373 g/mol. The number of rotatable bonds is 4. The van der Waals surface area contributed by atoms with E-state index in [0.29, 0.717) is 23.2 Å². The Morgan fingerprint density at radius 2 is 2.04 bits per heavy atom. The lowest BCUT2D eigenvalue weighted by molar-refractivity contribution is 0.0735. The van der Waals surface area contributed by atoms with Crippen molar-refractivity contribution in [1.29, 1.82) is 0 Å². The van der Waals surface area contributed by atoms with E-state index in [2.05, 4.69) is 15.9 Å². The van der Waals surface area contributed by atoms with Crippen LogP contribution in [0, 0.1) is 5.82 Å². The third-order valence-corrected chi connectivity index (χ3v) is 4.66. The van der Waals surface area contributed by atoms with Crippen LogP contribution in [0.2, 0.25) is 0 Å². The molecule has 5 heteroatoms. The van der Waals surface area contributed by atoms with Crippen LogP contribution in [0.3, 0.4) is 0 Å². The molecule has 1 aliphatic heterocycles. The van der Waals surface area contributed by atoms with Gasteiger partial charge in [0.25, 0.3) is 5.91 Å². The topological polar surface area (TPSA) is 29.5 Å². The van der Waals surface area contributed by atoms with Crippen molar-refractivity contribution in [2.45, 2.75) is 25.8 Å². The summed E-state index contributed by atoms with van der Waals surface area (Å²) in [6.45, 7) is 3.26. The first-order valence-electron chi connectivity index (χ1n) is 8.08. The largest absolute Gasteiger partial charge is 0.494 e. The number of ether oxygens (including phenoxy) is 1. The van der Waals surface area contributed by atoms with E-state index in [-0.39, 0.29) is 11.9 Å². The van der Waals surface area contributed by atoms with Crippen LogP contribution in [0.25, 0.3) is 0 Å². The van der Waals surface area contributed by atoms with E-state index < -0.39 is 5.82 Å². The monoisotopic (exact) mass is 391 g/mol. The molecule has 0 spiro atoms. The number of hydrogen-bond acceptors (Lipinski definition) is 2. The second-order valence-corrected chi connectivity index (χ2v) is 6.73. The number of amides is 1. The van der Waals surface area contributed by atoms with E-state index in [0.717, 1.165) is 24.2 Å². The van der Waals surface area contributed by atoms with Crippen LogP contribution in [-0.4, -0.2) is 24.0 Å². The number of carbonyl (C=O) groups excluding carboxylic acids is 1. The maximum atomic E-state index is 13.6. The fourth-order valence-electron chi connectivity index (χ4n) is 3.15. The molecule has 24 heavy (non-hydrogen) atoms. The molecule has 3 rings (SSSR count). The van der Waals surface area contributed by atoms with Crippen LogP contribution in [0.4, 0.5) is 4.39 Å². The van der Waals surface area contributed by atoms with Gasteiger partial charge in [-0.25, -0.2) is 4.39 Å². The standard InChI is InChI=1S/C19H19BrFNO2/c1-2-24-17-7-5-13(6-8-17)18-4-3-9-22(18)19(23)14-10-15(20)12-16(21)11-14/h5-8,10-12,18H,2-4,9H2,1H3. The Morgan fingerprint density at radius 1 is 1.29 bits per heavy atom. The van der Waals surface area contributed by atoms with Crippen molar-refractivity contribution in [3.63, 3.8) is 0 Å². The fraction of sp³-hybridized carbons (Fsp3) is 0.316. The summed E-state index contributed by atoms with van der Waals surface area (Å²) in [5.74, 6) is 0.280. The van der Waals surface area contributed by atoms with Gasteiger partial charge in [-0.2, -0.15) is 0 Å². The van der Waals surface area contributed by atoms with Crippen molar-refractivity contribution >= 4 is 21.8 Å².